The zero-order chi connectivity index (χ0) is 12.5. The van der Waals surface area contributed by atoms with E-state index in [2.05, 4.69) is 15.9 Å². The molecule has 1 aromatic rings. The highest BCUT2D eigenvalue weighted by molar-refractivity contribution is 9.11. The molecule has 0 unspecified atom stereocenters. The number of halogens is 1. The van der Waals surface area contributed by atoms with E-state index >= 15 is 0 Å². The Labute approximate surface area is 108 Å². The van der Waals surface area contributed by atoms with Crippen molar-refractivity contribution in [2.75, 3.05) is 13.1 Å². The fourth-order valence-electron chi connectivity index (χ4n) is 1.54. The summed E-state index contributed by atoms with van der Waals surface area (Å²) >= 11 is 3.32. The summed E-state index contributed by atoms with van der Waals surface area (Å²) in [5.41, 5.74) is 0.0404. The molecule has 0 aliphatic carbocycles. The van der Waals surface area contributed by atoms with Crippen LogP contribution in [0.4, 0.5) is 0 Å². The van der Waals surface area contributed by atoms with Crippen molar-refractivity contribution in [3.05, 3.63) is 28.5 Å². The standard InChI is InChI=1S/C10H9BrN2O3S/c11-9-1-4-13(5-2-9)17(14,15)10-8(7-12)3-6-16-10/h1,3,6H,2,4-5H2. The van der Waals surface area contributed by atoms with Crippen molar-refractivity contribution in [3.8, 4) is 6.07 Å². The molecule has 0 N–H and O–H groups in total. The van der Waals surface area contributed by atoms with E-state index in [1.165, 1.54) is 16.6 Å². The molecule has 2 heterocycles. The van der Waals surface area contributed by atoms with Crippen LogP contribution in [0.25, 0.3) is 0 Å². The number of hydrogen-bond acceptors (Lipinski definition) is 4. The minimum atomic E-state index is -3.71. The molecule has 0 atom stereocenters. The Hall–Kier alpha value is -1.10. The molecule has 0 aromatic carbocycles. The molecule has 0 saturated carbocycles. The molecule has 1 aliphatic heterocycles. The number of furan rings is 1. The maximum atomic E-state index is 12.2. The first kappa shape index (κ1) is 12.4. The number of nitriles is 1. The Morgan fingerprint density at radius 1 is 1.53 bits per heavy atom. The van der Waals surface area contributed by atoms with Crippen LogP contribution in [0, 0.1) is 11.3 Å². The summed E-state index contributed by atoms with van der Waals surface area (Å²) in [5.74, 6) is 0. The van der Waals surface area contributed by atoms with Gasteiger partial charge in [0.05, 0.1) is 6.26 Å². The van der Waals surface area contributed by atoms with Crippen molar-refractivity contribution in [1.29, 1.82) is 5.26 Å². The molecule has 5 nitrogen and oxygen atoms in total. The molecule has 0 radical (unpaired) electrons. The van der Waals surface area contributed by atoms with Gasteiger partial charge in [0.15, 0.2) is 0 Å². The molecule has 0 bridgehead atoms. The van der Waals surface area contributed by atoms with E-state index in [0.717, 1.165) is 4.48 Å². The summed E-state index contributed by atoms with van der Waals surface area (Å²) in [6.07, 6.45) is 3.62. The van der Waals surface area contributed by atoms with Crippen LogP contribution in [0.5, 0.6) is 0 Å². The zero-order valence-corrected chi connectivity index (χ0v) is 11.2. The first-order valence-corrected chi connectivity index (χ1v) is 7.11. The van der Waals surface area contributed by atoms with Gasteiger partial charge in [0.25, 0.3) is 15.1 Å². The normalized spacial score (nSPS) is 17.5. The fraction of sp³-hybridized carbons (Fsp3) is 0.300. The molecule has 0 spiro atoms. The van der Waals surface area contributed by atoms with Crippen LogP contribution in [0.15, 0.2) is 32.4 Å². The van der Waals surface area contributed by atoms with Gasteiger partial charge in [-0.05, 0) is 17.0 Å². The lowest BCUT2D eigenvalue weighted by atomic mass is 10.3. The van der Waals surface area contributed by atoms with Gasteiger partial charge in [0.1, 0.15) is 11.6 Å². The third kappa shape index (κ3) is 2.29. The molecule has 1 aliphatic rings. The molecule has 7 heteroatoms. The molecular weight excluding hydrogens is 308 g/mol. The van der Waals surface area contributed by atoms with Crippen molar-refractivity contribution >= 4 is 26.0 Å². The third-order valence-electron chi connectivity index (χ3n) is 2.44. The second kappa shape index (κ2) is 4.64. The van der Waals surface area contributed by atoms with Crippen LogP contribution < -0.4 is 0 Å². The summed E-state index contributed by atoms with van der Waals surface area (Å²) < 4.78 is 31.5. The molecule has 17 heavy (non-hydrogen) atoms. The van der Waals surface area contributed by atoms with Crippen molar-refractivity contribution in [1.82, 2.24) is 4.31 Å². The number of sulfonamides is 1. The molecule has 0 amide bonds. The van der Waals surface area contributed by atoms with Gasteiger partial charge in [0, 0.05) is 13.1 Å². The summed E-state index contributed by atoms with van der Waals surface area (Å²) in [6.45, 7) is 0.666. The summed E-state index contributed by atoms with van der Waals surface area (Å²) in [6, 6.07) is 3.16. The van der Waals surface area contributed by atoms with E-state index in [0.29, 0.717) is 13.0 Å². The first-order chi connectivity index (χ1) is 8.05. The molecule has 0 saturated heterocycles. The van der Waals surface area contributed by atoms with Crippen molar-refractivity contribution in [2.24, 2.45) is 0 Å². The van der Waals surface area contributed by atoms with E-state index in [1.807, 2.05) is 0 Å². The monoisotopic (exact) mass is 316 g/mol. The van der Waals surface area contributed by atoms with Crippen molar-refractivity contribution in [2.45, 2.75) is 11.5 Å². The predicted molar refractivity (Wildman–Crippen MR) is 63.8 cm³/mol. The Morgan fingerprint density at radius 3 is 2.88 bits per heavy atom. The van der Waals surface area contributed by atoms with Crippen molar-refractivity contribution in [3.63, 3.8) is 0 Å². The summed E-state index contributed by atoms with van der Waals surface area (Å²) in [5, 5.41) is 8.53. The lowest BCUT2D eigenvalue weighted by Crippen LogP contribution is -2.34. The lowest BCUT2D eigenvalue weighted by Gasteiger charge is -2.22. The number of rotatable bonds is 2. The third-order valence-corrected chi connectivity index (χ3v) is 4.96. The van der Waals surface area contributed by atoms with Crippen molar-refractivity contribution < 1.29 is 12.8 Å². The quantitative estimate of drug-likeness (QED) is 0.834. The molecule has 1 aromatic heterocycles. The van der Waals surface area contributed by atoms with Crippen LogP contribution in [0.1, 0.15) is 12.0 Å². The predicted octanol–water partition coefficient (Wildman–Crippen LogP) is 1.82. The molecule has 0 fully saturated rings. The van der Waals surface area contributed by atoms with E-state index in [-0.39, 0.29) is 17.2 Å². The average Bonchev–Trinajstić information content (AvgIpc) is 2.78. The summed E-state index contributed by atoms with van der Waals surface area (Å²) in [7, 11) is -3.71. The van der Waals surface area contributed by atoms with E-state index < -0.39 is 10.0 Å². The average molecular weight is 317 g/mol. The van der Waals surface area contributed by atoms with Crippen LogP contribution >= 0.6 is 15.9 Å². The number of nitrogens with zero attached hydrogens (tertiary/aromatic N) is 2. The first-order valence-electron chi connectivity index (χ1n) is 4.88. The number of hydrogen-bond donors (Lipinski definition) is 0. The van der Waals surface area contributed by atoms with Gasteiger partial charge in [-0.2, -0.15) is 9.57 Å². The highest BCUT2D eigenvalue weighted by atomic mass is 79.9. The highest BCUT2D eigenvalue weighted by Gasteiger charge is 2.30. The molecule has 2 rings (SSSR count). The fourth-order valence-corrected chi connectivity index (χ4v) is 3.27. The SMILES string of the molecule is N#Cc1ccoc1S(=O)(=O)N1CC=C(Br)CC1. The van der Waals surface area contributed by atoms with Gasteiger partial charge in [-0.1, -0.05) is 22.0 Å². The van der Waals surface area contributed by atoms with Gasteiger partial charge in [0.2, 0.25) is 0 Å². The molecule has 90 valence electrons. The Morgan fingerprint density at radius 2 is 2.29 bits per heavy atom. The Kier molecular flexibility index (Phi) is 3.38. The van der Waals surface area contributed by atoms with E-state index in [9.17, 15) is 8.42 Å². The molecular formula is C10H9BrN2O3S. The van der Waals surface area contributed by atoms with E-state index in [1.54, 1.807) is 12.1 Å². The Balaban J connectivity index is 2.36. The van der Waals surface area contributed by atoms with Gasteiger partial charge in [-0.3, -0.25) is 0 Å². The summed E-state index contributed by atoms with van der Waals surface area (Å²) in [4.78, 5) is 0. The van der Waals surface area contributed by atoms with Gasteiger partial charge < -0.3 is 4.42 Å². The maximum Gasteiger partial charge on any atom is 0.278 e. The Bertz CT molecular complexity index is 597. The minimum Gasteiger partial charge on any atom is -0.451 e. The highest BCUT2D eigenvalue weighted by Crippen LogP contribution is 2.25. The smallest absolute Gasteiger partial charge is 0.278 e. The zero-order valence-electron chi connectivity index (χ0n) is 8.76. The van der Waals surface area contributed by atoms with E-state index in [4.69, 9.17) is 9.68 Å². The minimum absolute atomic E-state index is 0.0404. The lowest BCUT2D eigenvalue weighted by molar-refractivity contribution is 0.392. The second-order valence-electron chi connectivity index (χ2n) is 3.50. The van der Waals surface area contributed by atoms with Crippen LogP contribution in [-0.4, -0.2) is 25.8 Å². The van der Waals surface area contributed by atoms with Crippen LogP contribution in [0.2, 0.25) is 0 Å². The van der Waals surface area contributed by atoms with Gasteiger partial charge >= 0.3 is 0 Å². The largest absolute Gasteiger partial charge is 0.451 e. The van der Waals surface area contributed by atoms with Gasteiger partial charge in [-0.25, -0.2) is 8.42 Å². The van der Waals surface area contributed by atoms with Crippen LogP contribution in [0.3, 0.4) is 0 Å². The maximum absolute atomic E-state index is 12.2. The van der Waals surface area contributed by atoms with Crippen LogP contribution in [-0.2, 0) is 10.0 Å². The van der Waals surface area contributed by atoms with Gasteiger partial charge in [-0.15, -0.1) is 0 Å². The second-order valence-corrected chi connectivity index (χ2v) is 6.35. The topological polar surface area (TPSA) is 74.3 Å².